The molecule has 3 N–H and O–H groups in total. The Hall–Kier alpha value is -3.95. The number of carbonyl (C=O) groups is 2. The number of nitrogens with one attached hydrogen (secondary N) is 2. The molecule has 0 spiro atoms. The number of aromatic nitrogens is 3. The van der Waals surface area contributed by atoms with Crippen molar-refractivity contribution >= 4 is 33.3 Å². The molecule has 0 bridgehead atoms. The number of para-hydroxylation sites is 1. The number of nitrogens with zero attached hydrogens (tertiary/aromatic N) is 5. The van der Waals surface area contributed by atoms with Crippen molar-refractivity contribution < 1.29 is 32.4 Å². The predicted octanol–water partition coefficient (Wildman–Crippen LogP) is 2.21. The minimum Gasteiger partial charge on any atom is -0.486 e. The Kier molecular flexibility index (Phi) is 8.70. The number of aliphatic hydroxyl groups is 1. The Labute approximate surface area is 238 Å². The van der Waals surface area contributed by atoms with Crippen LogP contribution < -0.4 is 15.4 Å². The number of hydrogen-bond donors (Lipinski definition) is 3. The zero-order chi connectivity index (χ0) is 30.1. The molecule has 14 nitrogen and oxygen atoms in total. The quantitative estimate of drug-likeness (QED) is 0.356. The van der Waals surface area contributed by atoms with Crippen LogP contribution in [0.15, 0.2) is 40.3 Å². The maximum atomic E-state index is 13.7. The van der Waals surface area contributed by atoms with Gasteiger partial charge in [-0.15, -0.1) is 0 Å². The van der Waals surface area contributed by atoms with Gasteiger partial charge in [-0.2, -0.15) is 4.31 Å². The smallest absolute Gasteiger partial charge is 0.323 e. The van der Waals surface area contributed by atoms with Crippen LogP contribution in [0.1, 0.15) is 35.7 Å². The molecule has 0 saturated heterocycles. The first kappa shape index (κ1) is 30.0. The molecule has 4 rings (SSSR count). The number of ether oxygens (including phenoxy) is 1. The highest BCUT2D eigenvalue weighted by molar-refractivity contribution is 7.89. The van der Waals surface area contributed by atoms with Crippen molar-refractivity contribution in [2.75, 3.05) is 37.4 Å². The van der Waals surface area contributed by atoms with Crippen LogP contribution in [0.5, 0.6) is 5.75 Å². The van der Waals surface area contributed by atoms with Crippen LogP contribution in [0.4, 0.5) is 16.2 Å². The topological polar surface area (TPSA) is 172 Å². The molecular formula is C26H35N7O7S. The van der Waals surface area contributed by atoms with Crippen LogP contribution in [-0.4, -0.2) is 88.3 Å². The number of anilines is 2. The van der Waals surface area contributed by atoms with Crippen molar-refractivity contribution in [1.82, 2.24) is 23.9 Å². The van der Waals surface area contributed by atoms with E-state index in [1.54, 1.807) is 46.0 Å². The molecular weight excluding hydrogens is 554 g/mol. The van der Waals surface area contributed by atoms with E-state index in [1.807, 2.05) is 6.92 Å². The lowest BCUT2D eigenvalue weighted by atomic mass is 9.99. The van der Waals surface area contributed by atoms with Gasteiger partial charge in [-0.3, -0.25) is 4.79 Å². The molecule has 15 heteroatoms. The van der Waals surface area contributed by atoms with Gasteiger partial charge in [0.05, 0.1) is 36.8 Å². The van der Waals surface area contributed by atoms with Crippen LogP contribution in [0.2, 0.25) is 0 Å². The van der Waals surface area contributed by atoms with Crippen molar-refractivity contribution in [2.24, 2.45) is 13.0 Å². The maximum absolute atomic E-state index is 13.7. The molecule has 3 heterocycles. The van der Waals surface area contributed by atoms with Gasteiger partial charge < -0.3 is 34.5 Å². The largest absolute Gasteiger partial charge is 0.486 e. The Balaban J connectivity index is 1.70. The summed E-state index contributed by atoms with van der Waals surface area (Å²) in [6.45, 7) is 6.75. The van der Waals surface area contributed by atoms with Crippen LogP contribution in [0.25, 0.3) is 0 Å². The molecule has 3 amide bonds. The summed E-state index contributed by atoms with van der Waals surface area (Å²) in [4.78, 5) is 32.1. The van der Waals surface area contributed by atoms with E-state index in [1.165, 1.54) is 29.0 Å². The van der Waals surface area contributed by atoms with E-state index in [0.717, 1.165) is 4.31 Å². The van der Waals surface area contributed by atoms with Crippen LogP contribution in [-0.2, 0) is 17.1 Å². The first-order chi connectivity index (χ1) is 19.3. The number of aliphatic hydroxyl groups excluding tert-OH is 1. The van der Waals surface area contributed by atoms with E-state index in [-0.39, 0.29) is 47.6 Å². The fourth-order valence-electron chi connectivity index (χ4n) is 4.52. The summed E-state index contributed by atoms with van der Waals surface area (Å²) in [5, 5.41) is 19.0. The molecule has 0 aliphatic carbocycles. The number of sulfonamides is 1. The highest BCUT2D eigenvalue weighted by Crippen LogP contribution is 2.35. The Morgan fingerprint density at radius 2 is 2.02 bits per heavy atom. The van der Waals surface area contributed by atoms with E-state index < -0.39 is 34.1 Å². The third-order valence-corrected chi connectivity index (χ3v) is 8.71. The summed E-state index contributed by atoms with van der Waals surface area (Å²) in [5.74, 6) is -0.253. The molecule has 3 atom stereocenters. The summed E-state index contributed by atoms with van der Waals surface area (Å²) < 4.78 is 40.6. The average molecular weight is 590 g/mol. The normalized spacial score (nSPS) is 18.3. The lowest BCUT2D eigenvalue weighted by Crippen LogP contribution is -2.50. The number of aryl methyl sites for hydroxylation is 3. The average Bonchev–Trinajstić information content (AvgIpc) is 3.51. The van der Waals surface area contributed by atoms with Gasteiger partial charge in [0.25, 0.3) is 15.9 Å². The van der Waals surface area contributed by atoms with Gasteiger partial charge in [-0.05, 0) is 32.9 Å². The number of rotatable bonds is 8. The molecule has 2 aromatic heterocycles. The number of amides is 3. The summed E-state index contributed by atoms with van der Waals surface area (Å²) in [7, 11) is -0.840. The molecule has 1 aliphatic rings. The summed E-state index contributed by atoms with van der Waals surface area (Å²) in [5.41, 5.74) is 1.26. The molecule has 1 aromatic carbocycles. The number of imidazole rings is 1. The van der Waals surface area contributed by atoms with E-state index in [2.05, 4.69) is 20.8 Å². The maximum Gasteiger partial charge on any atom is 0.323 e. The molecule has 0 unspecified atom stereocenters. The summed E-state index contributed by atoms with van der Waals surface area (Å²) in [6.07, 6.45) is 2.07. The zero-order valence-electron chi connectivity index (χ0n) is 23.8. The Bertz CT molecular complexity index is 1510. The highest BCUT2D eigenvalue weighted by atomic mass is 32.2. The predicted molar refractivity (Wildman–Crippen MR) is 149 cm³/mol. The molecule has 1 aliphatic heterocycles. The number of hydrogen-bond acceptors (Lipinski definition) is 9. The molecule has 222 valence electrons. The van der Waals surface area contributed by atoms with Gasteiger partial charge >= 0.3 is 6.03 Å². The summed E-state index contributed by atoms with van der Waals surface area (Å²) in [6, 6.07) is 3.60. The van der Waals surface area contributed by atoms with Gasteiger partial charge in [-0.1, -0.05) is 18.1 Å². The van der Waals surface area contributed by atoms with Crippen molar-refractivity contribution in [3.05, 3.63) is 47.7 Å². The van der Waals surface area contributed by atoms with E-state index >= 15 is 0 Å². The first-order valence-electron chi connectivity index (χ1n) is 13.0. The van der Waals surface area contributed by atoms with Crippen molar-refractivity contribution in [3.8, 4) is 5.75 Å². The van der Waals surface area contributed by atoms with Crippen LogP contribution in [0.3, 0.4) is 0 Å². The Morgan fingerprint density at radius 1 is 1.29 bits per heavy atom. The lowest BCUT2D eigenvalue weighted by Gasteiger charge is -2.38. The molecule has 41 heavy (non-hydrogen) atoms. The third-order valence-electron chi connectivity index (χ3n) is 7.00. The van der Waals surface area contributed by atoms with Gasteiger partial charge in [-0.25, -0.2) is 18.2 Å². The monoisotopic (exact) mass is 589 g/mol. The van der Waals surface area contributed by atoms with Gasteiger partial charge in [0.1, 0.15) is 17.5 Å². The van der Waals surface area contributed by atoms with Crippen molar-refractivity contribution in [1.29, 1.82) is 0 Å². The fourth-order valence-corrected chi connectivity index (χ4v) is 5.66. The molecule has 0 radical (unpaired) electrons. The Morgan fingerprint density at radius 3 is 2.63 bits per heavy atom. The molecule has 0 saturated carbocycles. The van der Waals surface area contributed by atoms with Crippen molar-refractivity contribution in [2.45, 2.75) is 44.9 Å². The van der Waals surface area contributed by atoms with E-state index in [9.17, 15) is 23.1 Å². The number of likely N-dealkylation sites (N-methyl/N-ethyl adjacent to an activating group) is 1. The second-order valence-electron chi connectivity index (χ2n) is 10.2. The van der Waals surface area contributed by atoms with Gasteiger partial charge in [0.15, 0.2) is 16.5 Å². The lowest BCUT2D eigenvalue weighted by molar-refractivity contribution is 0.0389. The summed E-state index contributed by atoms with van der Waals surface area (Å²) >= 11 is 0. The second-order valence-corrected chi connectivity index (χ2v) is 12.2. The van der Waals surface area contributed by atoms with Gasteiger partial charge in [0.2, 0.25) is 0 Å². The molecule has 3 aromatic rings. The highest BCUT2D eigenvalue weighted by Gasteiger charge is 2.36. The standard InChI is InChI=1S/C26H35N7O7S/c1-15-10-33(16(2)13-34)25(35)19-8-7-9-20(28-26(36)29-23-17(3)30-40-18(23)4)24(19)39-21(15)11-32(6)41(37,38)22-12-31(5)14-27-22/h7-9,12,14-16,21,34H,10-11,13H2,1-6H3,(H2,28,29,36)/t15-,16-,21-/m0/s1. The second kappa shape index (κ2) is 11.9. The van der Waals surface area contributed by atoms with Crippen LogP contribution in [0, 0.1) is 19.8 Å². The van der Waals surface area contributed by atoms with Gasteiger partial charge in [0, 0.05) is 32.8 Å². The number of urea groups is 1. The third kappa shape index (κ3) is 6.21. The number of carbonyl (C=O) groups excluding carboxylic acids is 2. The SMILES string of the molecule is Cc1noc(C)c1NC(=O)Nc1cccc2c1O[C@@H](CN(C)S(=O)(=O)c1cn(C)cn1)[C@@H](C)CN([C@@H](C)CO)C2=O. The minimum atomic E-state index is -3.94. The van der Waals surface area contributed by atoms with E-state index in [0.29, 0.717) is 17.1 Å². The fraction of sp³-hybridized carbons (Fsp3) is 0.462. The zero-order valence-corrected chi connectivity index (χ0v) is 24.6. The van der Waals surface area contributed by atoms with E-state index in [4.69, 9.17) is 9.26 Å². The number of benzene rings is 1. The van der Waals surface area contributed by atoms with Crippen molar-refractivity contribution in [3.63, 3.8) is 0 Å². The molecule has 0 fully saturated rings. The minimum absolute atomic E-state index is 0.0747. The number of fused-ring (bicyclic) bond motifs is 1. The van der Waals surface area contributed by atoms with Crippen LogP contribution >= 0.6 is 0 Å². The first-order valence-corrected chi connectivity index (χ1v) is 14.4.